The number of H-pyrrole nitrogens is 1. The molecule has 0 saturated heterocycles. The SMILES string of the molecule is C#CC(C)(C)c1ccc2nc[nH]c2c1. The van der Waals surface area contributed by atoms with Crippen LogP contribution in [-0.2, 0) is 5.41 Å². The fourth-order valence-corrected chi connectivity index (χ4v) is 1.41. The van der Waals surface area contributed by atoms with Gasteiger partial charge in [0.05, 0.1) is 22.8 Å². The van der Waals surface area contributed by atoms with Crippen molar-refractivity contribution in [3.8, 4) is 12.3 Å². The molecule has 0 fully saturated rings. The number of fused-ring (bicyclic) bond motifs is 1. The molecule has 14 heavy (non-hydrogen) atoms. The van der Waals surface area contributed by atoms with Crippen LogP contribution in [0.3, 0.4) is 0 Å². The van der Waals surface area contributed by atoms with Crippen LogP contribution in [0.4, 0.5) is 0 Å². The first-order chi connectivity index (χ1) is 6.63. The van der Waals surface area contributed by atoms with E-state index < -0.39 is 0 Å². The van der Waals surface area contributed by atoms with Gasteiger partial charge in [-0.15, -0.1) is 6.42 Å². The van der Waals surface area contributed by atoms with Gasteiger partial charge in [0.25, 0.3) is 0 Å². The summed E-state index contributed by atoms with van der Waals surface area (Å²) >= 11 is 0. The third kappa shape index (κ3) is 1.27. The van der Waals surface area contributed by atoms with Crippen LogP contribution in [0.15, 0.2) is 24.5 Å². The maximum absolute atomic E-state index is 5.48. The standard InChI is InChI=1S/C12H12N2/c1-4-12(2,3)9-5-6-10-11(7-9)14-8-13-10/h1,5-8H,2-3H3,(H,13,14). The number of aromatic amines is 1. The zero-order valence-corrected chi connectivity index (χ0v) is 8.33. The molecular formula is C12H12N2. The lowest BCUT2D eigenvalue weighted by molar-refractivity contribution is 0.700. The van der Waals surface area contributed by atoms with E-state index in [4.69, 9.17) is 6.42 Å². The lowest BCUT2D eigenvalue weighted by Crippen LogP contribution is -2.13. The van der Waals surface area contributed by atoms with Gasteiger partial charge >= 0.3 is 0 Å². The Kier molecular flexibility index (Phi) is 1.82. The van der Waals surface area contributed by atoms with Crippen LogP contribution in [0.2, 0.25) is 0 Å². The van der Waals surface area contributed by atoms with Crippen LogP contribution in [0, 0.1) is 12.3 Å². The predicted octanol–water partition coefficient (Wildman–Crippen LogP) is 2.47. The second-order valence-electron chi connectivity index (χ2n) is 3.90. The van der Waals surface area contributed by atoms with Crippen molar-refractivity contribution in [2.45, 2.75) is 19.3 Å². The number of nitrogens with one attached hydrogen (secondary N) is 1. The van der Waals surface area contributed by atoms with E-state index in [1.54, 1.807) is 6.33 Å². The molecule has 0 unspecified atom stereocenters. The summed E-state index contributed by atoms with van der Waals surface area (Å²) in [7, 11) is 0. The molecule has 0 aliphatic rings. The summed E-state index contributed by atoms with van der Waals surface area (Å²) in [6.07, 6.45) is 7.17. The molecule has 2 nitrogen and oxygen atoms in total. The number of hydrogen-bond donors (Lipinski definition) is 1. The third-order valence-electron chi connectivity index (χ3n) is 2.50. The molecular weight excluding hydrogens is 172 g/mol. The molecule has 0 aliphatic heterocycles. The normalized spacial score (nSPS) is 11.5. The van der Waals surface area contributed by atoms with Gasteiger partial charge in [-0.1, -0.05) is 12.0 Å². The fraction of sp³-hybridized carbons (Fsp3) is 0.250. The van der Waals surface area contributed by atoms with E-state index in [1.807, 2.05) is 26.0 Å². The minimum absolute atomic E-state index is 0.223. The quantitative estimate of drug-likeness (QED) is 0.678. The van der Waals surface area contributed by atoms with Crippen molar-refractivity contribution in [3.05, 3.63) is 30.1 Å². The Hall–Kier alpha value is -1.75. The van der Waals surface area contributed by atoms with Crippen molar-refractivity contribution in [2.24, 2.45) is 0 Å². The van der Waals surface area contributed by atoms with Crippen molar-refractivity contribution in [1.29, 1.82) is 0 Å². The molecule has 1 aromatic carbocycles. The van der Waals surface area contributed by atoms with Crippen molar-refractivity contribution in [1.82, 2.24) is 9.97 Å². The van der Waals surface area contributed by atoms with Crippen molar-refractivity contribution < 1.29 is 0 Å². The second-order valence-corrected chi connectivity index (χ2v) is 3.90. The minimum atomic E-state index is -0.223. The number of rotatable bonds is 1. The highest BCUT2D eigenvalue weighted by molar-refractivity contribution is 5.75. The molecule has 2 aromatic rings. The van der Waals surface area contributed by atoms with Gasteiger partial charge in [-0.3, -0.25) is 0 Å². The smallest absolute Gasteiger partial charge is 0.0931 e. The highest BCUT2D eigenvalue weighted by atomic mass is 14.9. The highest BCUT2D eigenvalue weighted by Gasteiger charge is 2.17. The van der Waals surface area contributed by atoms with Crippen molar-refractivity contribution in [2.75, 3.05) is 0 Å². The molecule has 1 aromatic heterocycles. The fourth-order valence-electron chi connectivity index (χ4n) is 1.41. The summed E-state index contributed by atoms with van der Waals surface area (Å²) in [5, 5.41) is 0. The Bertz CT molecular complexity index is 500. The topological polar surface area (TPSA) is 28.7 Å². The number of aromatic nitrogens is 2. The third-order valence-corrected chi connectivity index (χ3v) is 2.50. The van der Waals surface area contributed by atoms with Gasteiger partial charge in [-0.2, -0.15) is 0 Å². The molecule has 0 bridgehead atoms. The molecule has 0 radical (unpaired) electrons. The van der Waals surface area contributed by atoms with E-state index in [9.17, 15) is 0 Å². The molecule has 0 atom stereocenters. The molecule has 0 saturated carbocycles. The van der Waals surface area contributed by atoms with Gasteiger partial charge < -0.3 is 4.98 Å². The summed E-state index contributed by atoms with van der Waals surface area (Å²) < 4.78 is 0. The van der Waals surface area contributed by atoms with E-state index >= 15 is 0 Å². The summed E-state index contributed by atoms with van der Waals surface area (Å²) in [6.45, 7) is 4.06. The van der Waals surface area contributed by atoms with E-state index in [0.29, 0.717) is 0 Å². The average Bonchev–Trinajstić information content (AvgIpc) is 2.64. The van der Waals surface area contributed by atoms with Crippen LogP contribution in [0.25, 0.3) is 11.0 Å². The largest absolute Gasteiger partial charge is 0.345 e. The van der Waals surface area contributed by atoms with Crippen LogP contribution in [-0.4, -0.2) is 9.97 Å². The van der Waals surface area contributed by atoms with Crippen molar-refractivity contribution in [3.63, 3.8) is 0 Å². The molecule has 0 spiro atoms. The Morgan fingerprint density at radius 2 is 2.21 bits per heavy atom. The van der Waals surface area contributed by atoms with Crippen LogP contribution >= 0.6 is 0 Å². The maximum atomic E-state index is 5.48. The van der Waals surface area contributed by atoms with Crippen molar-refractivity contribution >= 4 is 11.0 Å². The molecule has 2 heteroatoms. The zero-order valence-electron chi connectivity index (χ0n) is 8.33. The van der Waals surface area contributed by atoms with E-state index in [0.717, 1.165) is 16.6 Å². The molecule has 2 rings (SSSR count). The average molecular weight is 184 g/mol. The molecule has 0 amide bonds. The second kappa shape index (κ2) is 2.88. The zero-order chi connectivity index (χ0) is 10.2. The number of imidazole rings is 1. The van der Waals surface area contributed by atoms with Crippen LogP contribution in [0.1, 0.15) is 19.4 Å². The Labute approximate surface area is 83.4 Å². The Morgan fingerprint density at radius 3 is 2.93 bits per heavy atom. The summed E-state index contributed by atoms with van der Waals surface area (Å²) in [6, 6.07) is 6.07. The highest BCUT2D eigenvalue weighted by Crippen LogP contribution is 2.24. The van der Waals surface area contributed by atoms with Gasteiger partial charge in [0.15, 0.2) is 0 Å². The molecule has 0 aliphatic carbocycles. The summed E-state index contributed by atoms with van der Waals surface area (Å²) in [4.78, 5) is 7.24. The van der Waals surface area contributed by atoms with Gasteiger partial charge in [-0.25, -0.2) is 4.98 Å². The predicted molar refractivity (Wildman–Crippen MR) is 58.0 cm³/mol. The number of terminal acetylenes is 1. The summed E-state index contributed by atoms with van der Waals surface area (Å²) in [5.41, 5.74) is 2.92. The number of nitrogens with zero attached hydrogens (tertiary/aromatic N) is 1. The lowest BCUT2D eigenvalue weighted by Gasteiger charge is -2.17. The molecule has 70 valence electrons. The Balaban J connectivity index is 2.61. The first kappa shape index (κ1) is 8.83. The van der Waals surface area contributed by atoms with Gasteiger partial charge in [0.2, 0.25) is 0 Å². The van der Waals surface area contributed by atoms with Gasteiger partial charge in [-0.05, 0) is 31.5 Å². The molecule has 1 N–H and O–H groups in total. The van der Waals surface area contributed by atoms with Crippen LogP contribution < -0.4 is 0 Å². The molecule has 1 heterocycles. The number of benzene rings is 1. The first-order valence-electron chi connectivity index (χ1n) is 4.55. The maximum Gasteiger partial charge on any atom is 0.0931 e. The lowest BCUT2D eigenvalue weighted by atomic mass is 9.85. The van der Waals surface area contributed by atoms with Crippen LogP contribution in [0.5, 0.6) is 0 Å². The Morgan fingerprint density at radius 1 is 1.43 bits per heavy atom. The summed E-state index contributed by atoms with van der Waals surface area (Å²) in [5.74, 6) is 2.78. The van der Waals surface area contributed by atoms with E-state index in [-0.39, 0.29) is 5.41 Å². The van der Waals surface area contributed by atoms with Gasteiger partial charge in [0.1, 0.15) is 0 Å². The van der Waals surface area contributed by atoms with E-state index in [1.165, 1.54) is 0 Å². The van der Waals surface area contributed by atoms with E-state index in [2.05, 4.69) is 22.0 Å². The number of hydrogen-bond acceptors (Lipinski definition) is 1. The van der Waals surface area contributed by atoms with Gasteiger partial charge in [0, 0.05) is 0 Å². The minimum Gasteiger partial charge on any atom is -0.345 e. The monoisotopic (exact) mass is 184 g/mol. The first-order valence-corrected chi connectivity index (χ1v) is 4.55.